The van der Waals surface area contributed by atoms with Crippen LogP contribution in [0.15, 0.2) is 42.5 Å². The van der Waals surface area contributed by atoms with Gasteiger partial charge in [0.15, 0.2) is 11.5 Å². The fraction of sp³-hybridized carbons (Fsp3) is 0.300. The van der Waals surface area contributed by atoms with Crippen LogP contribution in [0.3, 0.4) is 0 Å². The van der Waals surface area contributed by atoms with E-state index < -0.39 is 11.8 Å². The lowest BCUT2D eigenvalue weighted by Gasteiger charge is -2.28. The molecule has 0 saturated carbocycles. The number of nitrogens with zero attached hydrogens (tertiary/aromatic N) is 1. The van der Waals surface area contributed by atoms with E-state index in [0.717, 1.165) is 17.5 Å². The molecule has 0 fully saturated rings. The van der Waals surface area contributed by atoms with Gasteiger partial charge in [-0.3, -0.25) is 9.59 Å². The highest BCUT2D eigenvalue weighted by atomic mass is 16.5. The third-order valence-corrected chi connectivity index (χ3v) is 4.51. The topological polar surface area (TPSA) is 67.9 Å². The number of hydrogen-bond acceptors (Lipinski definition) is 4. The normalized spacial score (nSPS) is 12.9. The molecule has 1 N–H and O–H groups in total. The van der Waals surface area contributed by atoms with E-state index >= 15 is 0 Å². The van der Waals surface area contributed by atoms with Crippen molar-refractivity contribution in [3.8, 4) is 11.5 Å². The van der Waals surface area contributed by atoms with E-state index in [1.165, 1.54) is 5.56 Å². The molecule has 0 saturated heterocycles. The molecule has 1 aliphatic heterocycles. The molecule has 0 radical (unpaired) electrons. The number of nitrogens with one attached hydrogen (secondary N) is 1. The van der Waals surface area contributed by atoms with E-state index in [1.54, 1.807) is 31.3 Å². The Labute approximate surface area is 152 Å². The van der Waals surface area contributed by atoms with Crippen molar-refractivity contribution in [1.82, 2.24) is 10.2 Å². The van der Waals surface area contributed by atoms with E-state index in [0.29, 0.717) is 24.6 Å². The molecule has 2 aromatic rings. The van der Waals surface area contributed by atoms with Gasteiger partial charge >= 0.3 is 11.8 Å². The molecule has 26 heavy (non-hydrogen) atoms. The maximum atomic E-state index is 12.4. The quantitative estimate of drug-likeness (QED) is 0.852. The van der Waals surface area contributed by atoms with Crippen LogP contribution in [-0.4, -0.2) is 37.5 Å². The maximum Gasteiger partial charge on any atom is 0.312 e. The zero-order chi connectivity index (χ0) is 18.5. The van der Waals surface area contributed by atoms with Crippen LogP contribution in [0.5, 0.6) is 11.5 Å². The van der Waals surface area contributed by atoms with Gasteiger partial charge in [0.05, 0.1) is 14.2 Å². The number of fused-ring (bicyclic) bond motifs is 1. The van der Waals surface area contributed by atoms with Crippen molar-refractivity contribution in [1.29, 1.82) is 0 Å². The van der Waals surface area contributed by atoms with Gasteiger partial charge in [0.25, 0.3) is 0 Å². The summed E-state index contributed by atoms with van der Waals surface area (Å²) < 4.78 is 10.4. The van der Waals surface area contributed by atoms with Crippen LogP contribution in [0.1, 0.15) is 16.7 Å². The molecule has 6 heteroatoms. The van der Waals surface area contributed by atoms with E-state index in [2.05, 4.69) is 11.4 Å². The van der Waals surface area contributed by atoms with Gasteiger partial charge in [-0.25, -0.2) is 0 Å². The van der Waals surface area contributed by atoms with Gasteiger partial charge in [-0.1, -0.05) is 30.3 Å². The molecule has 6 nitrogen and oxygen atoms in total. The first-order valence-electron chi connectivity index (χ1n) is 8.47. The second-order valence-electron chi connectivity index (χ2n) is 6.12. The monoisotopic (exact) mass is 354 g/mol. The summed E-state index contributed by atoms with van der Waals surface area (Å²) >= 11 is 0. The van der Waals surface area contributed by atoms with Crippen LogP contribution < -0.4 is 14.8 Å². The average Bonchev–Trinajstić information content (AvgIpc) is 2.70. The molecular formula is C20H22N2O4. The Morgan fingerprint density at radius 2 is 1.77 bits per heavy atom. The number of hydrogen-bond donors (Lipinski definition) is 1. The molecule has 0 unspecified atom stereocenters. The Morgan fingerprint density at radius 1 is 1.04 bits per heavy atom. The van der Waals surface area contributed by atoms with Crippen molar-refractivity contribution < 1.29 is 19.1 Å². The molecule has 1 aliphatic rings. The van der Waals surface area contributed by atoms with Crippen LogP contribution in [0.25, 0.3) is 0 Å². The first kappa shape index (κ1) is 17.8. The number of rotatable bonds is 4. The summed E-state index contributed by atoms with van der Waals surface area (Å²) in [5.74, 6) is 0.1000. The summed E-state index contributed by atoms with van der Waals surface area (Å²) in [6.45, 7) is 1.27. The zero-order valence-corrected chi connectivity index (χ0v) is 15.0. The highest BCUT2D eigenvalue weighted by molar-refractivity contribution is 6.34. The van der Waals surface area contributed by atoms with E-state index in [4.69, 9.17) is 9.47 Å². The van der Waals surface area contributed by atoms with Crippen LogP contribution in [0, 0.1) is 0 Å². The van der Waals surface area contributed by atoms with Crippen molar-refractivity contribution in [3.63, 3.8) is 0 Å². The largest absolute Gasteiger partial charge is 0.493 e. The predicted octanol–water partition coefficient (Wildman–Crippen LogP) is 1.90. The van der Waals surface area contributed by atoms with Crippen molar-refractivity contribution in [3.05, 3.63) is 59.2 Å². The smallest absolute Gasteiger partial charge is 0.312 e. The fourth-order valence-corrected chi connectivity index (χ4v) is 3.06. The average molecular weight is 354 g/mol. The number of benzene rings is 2. The first-order valence-corrected chi connectivity index (χ1v) is 8.47. The van der Waals surface area contributed by atoms with Gasteiger partial charge in [-0.15, -0.1) is 0 Å². The zero-order valence-electron chi connectivity index (χ0n) is 15.0. The number of carbonyl (C=O) groups excluding carboxylic acids is 2. The minimum Gasteiger partial charge on any atom is -0.493 e. The molecular weight excluding hydrogens is 332 g/mol. The van der Waals surface area contributed by atoms with Crippen LogP contribution in [0.2, 0.25) is 0 Å². The van der Waals surface area contributed by atoms with Gasteiger partial charge in [-0.2, -0.15) is 0 Å². The minimum absolute atomic E-state index is 0.245. The Balaban J connectivity index is 1.59. The van der Waals surface area contributed by atoms with Gasteiger partial charge in [0.1, 0.15) is 0 Å². The Morgan fingerprint density at radius 3 is 2.50 bits per heavy atom. The fourth-order valence-electron chi connectivity index (χ4n) is 3.06. The van der Waals surface area contributed by atoms with Gasteiger partial charge in [-0.05, 0) is 35.2 Å². The number of methoxy groups -OCH3 is 2. The van der Waals surface area contributed by atoms with Crippen LogP contribution >= 0.6 is 0 Å². The molecule has 1 heterocycles. The third-order valence-electron chi connectivity index (χ3n) is 4.51. The van der Waals surface area contributed by atoms with Crippen molar-refractivity contribution >= 4 is 11.8 Å². The van der Waals surface area contributed by atoms with Gasteiger partial charge in [0, 0.05) is 19.6 Å². The molecule has 2 amide bonds. The van der Waals surface area contributed by atoms with Gasteiger partial charge in [0.2, 0.25) is 0 Å². The summed E-state index contributed by atoms with van der Waals surface area (Å²) in [5, 5.41) is 2.68. The second kappa shape index (κ2) is 7.91. The SMILES string of the molecule is COc1ccc(CNC(=O)C(=O)N2CCc3ccccc3C2)cc1OC. The highest BCUT2D eigenvalue weighted by Crippen LogP contribution is 2.27. The second-order valence-corrected chi connectivity index (χ2v) is 6.12. The summed E-state index contributed by atoms with van der Waals surface area (Å²) in [4.78, 5) is 26.3. The number of ether oxygens (including phenoxy) is 2. The minimum atomic E-state index is -0.598. The standard InChI is InChI=1S/C20H22N2O4/c1-25-17-8-7-14(11-18(17)26-2)12-21-19(23)20(24)22-10-9-15-5-3-4-6-16(15)13-22/h3-8,11H,9-10,12-13H2,1-2H3,(H,21,23). The lowest BCUT2D eigenvalue weighted by Crippen LogP contribution is -2.44. The van der Waals surface area contributed by atoms with Gasteiger partial charge < -0.3 is 19.7 Å². The van der Waals surface area contributed by atoms with E-state index in [1.807, 2.05) is 24.3 Å². The molecule has 2 aromatic carbocycles. The summed E-state index contributed by atoms with van der Waals surface area (Å²) in [7, 11) is 3.12. The Kier molecular flexibility index (Phi) is 5.41. The number of amides is 2. The predicted molar refractivity (Wildman–Crippen MR) is 97.0 cm³/mol. The van der Waals surface area contributed by atoms with E-state index in [-0.39, 0.29) is 6.54 Å². The lowest BCUT2D eigenvalue weighted by atomic mass is 10.00. The number of carbonyl (C=O) groups is 2. The van der Waals surface area contributed by atoms with Crippen LogP contribution in [-0.2, 0) is 29.1 Å². The molecule has 0 aromatic heterocycles. The highest BCUT2D eigenvalue weighted by Gasteiger charge is 2.25. The molecule has 3 rings (SSSR count). The summed E-state index contributed by atoms with van der Waals surface area (Å²) in [6, 6.07) is 13.4. The molecule has 0 atom stereocenters. The molecule has 0 bridgehead atoms. The maximum absolute atomic E-state index is 12.4. The summed E-state index contributed by atoms with van der Waals surface area (Å²) in [6.07, 6.45) is 0.769. The molecule has 136 valence electrons. The van der Waals surface area contributed by atoms with E-state index in [9.17, 15) is 9.59 Å². The molecule has 0 aliphatic carbocycles. The van der Waals surface area contributed by atoms with Crippen LogP contribution in [0.4, 0.5) is 0 Å². The Bertz CT molecular complexity index is 819. The third kappa shape index (κ3) is 3.79. The molecule has 0 spiro atoms. The summed E-state index contributed by atoms with van der Waals surface area (Å²) in [5.41, 5.74) is 3.16. The van der Waals surface area contributed by atoms with Crippen molar-refractivity contribution in [2.75, 3.05) is 20.8 Å². The lowest BCUT2D eigenvalue weighted by molar-refractivity contribution is -0.146. The first-order chi connectivity index (χ1) is 12.6. The van der Waals surface area contributed by atoms with Crippen molar-refractivity contribution in [2.45, 2.75) is 19.5 Å². The Hall–Kier alpha value is -3.02. The van der Waals surface area contributed by atoms with Crippen molar-refractivity contribution in [2.24, 2.45) is 0 Å².